The van der Waals surface area contributed by atoms with Gasteiger partial charge in [-0.25, -0.2) is 4.98 Å². The van der Waals surface area contributed by atoms with Crippen molar-refractivity contribution in [2.24, 2.45) is 5.92 Å². The summed E-state index contributed by atoms with van der Waals surface area (Å²) in [5.41, 5.74) is 1.35. The largest absolute Gasteiger partial charge is 0.357 e. The van der Waals surface area contributed by atoms with Gasteiger partial charge in [-0.05, 0) is 62.3 Å². The van der Waals surface area contributed by atoms with Crippen molar-refractivity contribution in [3.05, 3.63) is 54.2 Å². The molecule has 162 valence electrons. The Morgan fingerprint density at radius 3 is 2.45 bits per heavy atom. The van der Waals surface area contributed by atoms with E-state index in [1.807, 2.05) is 47.4 Å². The maximum Gasteiger partial charge on any atom is 0.254 e. The van der Waals surface area contributed by atoms with Crippen LogP contribution < -0.4 is 10.2 Å². The number of aromatic nitrogens is 1. The molecule has 0 spiro atoms. The summed E-state index contributed by atoms with van der Waals surface area (Å²) in [7, 11) is 0. The standard InChI is InChI=1S/C25H30N4O2/c30-24(27-20-12-13-23(26-17-20)28-14-6-7-15-28)22-16-19-10-4-5-11-21(19)29(22)25(31)18-8-2-1-3-9-18/h1-3,8-9,12-13,17,19,21-22H,4-7,10-11,14-16H2,(H,27,30). The summed E-state index contributed by atoms with van der Waals surface area (Å²) in [6, 6.07) is 13.0. The molecule has 2 aromatic rings. The number of hydrogen-bond donors (Lipinski definition) is 1. The molecule has 0 bridgehead atoms. The molecule has 31 heavy (non-hydrogen) atoms. The molecule has 1 N–H and O–H groups in total. The summed E-state index contributed by atoms with van der Waals surface area (Å²) in [5, 5.41) is 3.03. The molecule has 3 fully saturated rings. The fourth-order valence-corrected chi connectivity index (χ4v) is 5.53. The molecule has 1 aromatic heterocycles. The normalized spacial score (nSPS) is 25.4. The second-order valence-corrected chi connectivity index (χ2v) is 9.03. The van der Waals surface area contributed by atoms with E-state index in [2.05, 4.69) is 15.2 Å². The van der Waals surface area contributed by atoms with Crippen LogP contribution in [0.3, 0.4) is 0 Å². The molecule has 1 saturated carbocycles. The van der Waals surface area contributed by atoms with E-state index in [1.54, 1.807) is 6.20 Å². The summed E-state index contributed by atoms with van der Waals surface area (Å²) < 4.78 is 0. The number of rotatable bonds is 4. The number of carbonyl (C=O) groups excluding carboxylic acids is 2. The van der Waals surface area contributed by atoms with Gasteiger partial charge in [0.15, 0.2) is 0 Å². The maximum absolute atomic E-state index is 13.4. The fourth-order valence-electron chi connectivity index (χ4n) is 5.53. The number of nitrogens with zero attached hydrogens (tertiary/aromatic N) is 3. The van der Waals surface area contributed by atoms with E-state index in [0.29, 0.717) is 17.2 Å². The molecule has 3 aliphatic rings. The predicted molar refractivity (Wildman–Crippen MR) is 121 cm³/mol. The second-order valence-electron chi connectivity index (χ2n) is 9.03. The molecule has 2 aliphatic heterocycles. The van der Waals surface area contributed by atoms with Crippen LogP contribution in [-0.4, -0.2) is 46.9 Å². The lowest BCUT2D eigenvalue weighted by Gasteiger charge is -2.33. The third kappa shape index (κ3) is 4.03. The molecule has 0 radical (unpaired) electrons. The van der Waals surface area contributed by atoms with Crippen molar-refractivity contribution in [3.8, 4) is 0 Å². The quantitative estimate of drug-likeness (QED) is 0.812. The minimum Gasteiger partial charge on any atom is -0.357 e. The first-order valence-electron chi connectivity index (χ1n) is 11.6. The SMILES string of the molecule is O=C(Nc1ccc(N2CCCC2)nc1)C1CC2CCCCC2N1C(=O)c1ccccc1. The zero-order chi connectivity index (χ0) is 21.2. The van der Waals surface area contributed by atoms with E-state index in [0.717, 1.165) is 44.6 Å². The average Bonchev–Trinajstić information content (AvgIpc) is 3.48. The molecule has 2 amide bonds. The molecule has 1 aliphatic carbocycles. The van der Waals surface area contributed by atoms with Crippen molar-refractivity contribution in [1.82, 2.24) is 9.88 Å². The zero-order valence-corrected chi connectivity index (χ0v) is 17.9. The molecule has 5 rings (SSSR count). The van der Waals surface area contributed by atoms with Gasteiger partial charge in [0, 0.05) is 24.7 Å². The Bertz CT molecular complexity index is 924. The number of pyridine rings is 1. The molecule has 2 saturated heterocycles. The van der Waals surface area contributed by atoms with Gasteiger partial charge in [-0.3, -0.25) is 9.59 Å². The van der Waals surface area contributed by atoms with Crippen LogP contribution in [-0.2, 0) is 4.79 Å². The monoisotopic (exact) mass is 418 g/mol. The highest BCUT2D eigenvalue weighted by atomic mass is 16.2. The van der Waals surface area contributed by atoms with Crippen LogP contribution in [0.2, 0.25) is 0 Å². The van der Waals surface area contributed by atoms with Crippen LogP contribution in [0.1, 0.15) is 55.3 Å². The lowest BCUT2D eigenvalue weighted by Crippen LogP contribution is -2.47. The van der Waals surface area contributed by atoms with Crippen LogP contribution >= 0.6 is 0 Å². The van der Waals surface area contributed by atoms with Crippen molar-refractivity contribution in [1.29, 1.82) is 0 Å². The van der Waals surface area contributed by atoms with Gasteiger partial charge in [0.2, 0.25) is 5.91 Å². The molecule has 6 heteroatoms. The number of anilines is 2. The highest BCUT2D eigenvalue weighted by Crippen LogP contribution is 2.40. The van der Waals surface area contributed by atoms with E-state index >= 15 is 0 Å². The number of likely N-dealkylation sites (tertiary alicyclic amines) is 1. The summed E-state index contributed by atoms with van der Waals surface area (Å²) in [4.78, 5) is 35.4. The van der Waals surface area contributed by atoms with Crippen LogP contribution in [0.5, 0.6) is 0 Å². The van der Waals surface area contributed by atoms with Crippen molar-refractivity contribution in [2.45, 2.75) is 57.0 Å². The van der Waals surface area contributed by atoms with E-state index in [-0.39, 0.29) is 17.9 Å². The van der Waals surface area contributed by atoms with Crippen molar-refractivity contribution < 1.29 is 9.59 Å². The highest BCUT2D eigenvalue weighted by molar-refractivity contribution is 6.01. The molecule has 1 aromatic carbocycles. The lowest BCUT2D eigenvalue weighted by molar-refractivity contribution is -0.120. The number of amides is 2. The van der Waals surface area contributed by atoms with Gasteiger partial charge in [-0.2, -0.15) is 0 Å². The Kier molecular flexibility index (Phi) is 5.62. The van der Waals surface area contributed by atoms with Crippen LogP contribution in [0.15, 0.2) is 48.7 Å². The Hall–Kier alpha value is -2.89. The minimum absolute atomic E-state index is 0.0299. The number of benzene rings is 1. The smallest absolute Gasteiger partial charge is 0.254 e. The summed E-state index contributed by atoms with van der Waals surface area (Å²) in [5.74, 6) is 1.24. The van der Waals surface area contributed by atoms with Crippen LogP contribution in [0.25, 0.3) is 0 Å². The summed E-state index contributed by atoms with van der Waals surface area (Å²) >= 11 is 0. The predicted octanol–water partition coefficient (Wildman–Crippen LogP) is 4.09. The van der Waals surface area contributed by atoms with E-state index in [9.17, 15) is 9.59 Å². The first-order valence-corrected chi connectivity index (χ1v) is 11.6. The highest BCUT2D eigenvalue weighted by Gasteiger charge is 2.47. The molecule has 3 atom stereocenters. The van der Waals surface area contributed by atoms with Gasteiger partial charge in [0.1, 0.15) is 11.9 Å². The Balaban J connectivity index is 1.34. The van der Waals surface area contributed by atoms with Gasteiger partial charge < -0.3 is 15.1 Å². The first kappa shape index (κ1) is 20.0. The molecule has 3 heterocycles. The van der Waals surface area contributed by atoms with Gasteiger partial charge in [0.25, 0.3) is 5.91 Å². The Morgan fingerprint density at radius 2 is 1.71 bits per heavy atom. The molecular formula is C25H30N4O2. The van der Waals surface area contributed by atoms with Crippen LogP contribution in [0.4, 0.5) is 11.5 Å². The van der Waals surface area contributed by atoms with Gasteiger partial charge in [-0.1, -0.05) is 31.0 Å². The minimum atomic E-state index is -0.431. The second kappa shape index (κ2) is 8.69. The summed E-state index contributed by atoms with van der Waals surface area (Å²) in [6.45, 7) is 2.08. The van der Waals surface area contributed by atoms with Crippen molar-refractivity contribution in [2.75, 3.05) is 23.3 Å². The van der Waals surface area contributed by atoms with Crippen LogP contribution in [0, 0.1) is 5.92 Å². The molecule has 3 unspecified atom stereocenters. The fraction of sp³-hybridized carbons (Fsp3) is 0.480. The number of nitrogens with one attached hydrogen (secondary N) is 1. The zero-order valence-electron chi connectivity index (χ0n) is 17.9. The Morgan fingerprint density at radius 1 is 0.935 bits per heavy atom. The average molecular weight is 419 g/mol. The van der Waals surface area contributed by atoms with Crippen molar-refractivity contribution >= 4 is 23.3 Å². The summed E-state index contributed by atoms with van der Waals surface area (Å²) in [6.07, 6.45) is 9.27. The topological polar surface area (TPSA) is 65.5 Å². The number of hydrogen-bond acceptors (Lipinski definition) is 4. The van der Waals surface area contributed by atoms with E-state index < -0.39 is 6.04 Å². The number of fused-ring (bicyclic) bond motifs is 1. The lowest BCUT2D eigenvalue weighted by atomic mass is 9.84. The maximum atomic E-state index is 13.4. The van der Waals surface area contributed by atoms with Crippen molar-refractivity contribution in [3.63, 3.8) is 0 Å². The van der Waals surface area contributed by atoms with Gasteiger partial charge in [0.05, 0.1) is 11.9 Å². The molecule has 6 nitrogen and oxygen atoms in total. The van der Waals surface area contributed by atoms with E-state index in [1.165, 1.54) is 19.3 Å². The van der Waals surface area contributed by atoms with Gasteiger partial charge in [-0.15, -0.1) is 0 Å². The van der Waals surface area contributed by atoms with E-state index in [4.69, 9.17) is 0 Å². The molecular weight excluding hydrogens is 388 g/mol. The first-order chi connectivity index (χ1) is 15.2. The third-order valence-electron chi connectivity index (χ3n) is 7.09. The third-order valence-corrected chi connectivity index (χ3v) is 7.09. The number of carbonyl (C=O) groups is 2. The Labute approximate surface area is 183 Å². The van der Waals surface area contributed by atoms with Gasteiger partial charge >= 0.3 is 0 Å².